The molecule has 0 aromatic heterocycles. The minimum absolute atomic E-state index is 0.151. The van der Waals surface area contributed by atoms with Crippen molar-refractivity contribution in [3.8, 4) is 5.75 Å². The van der Waals surface area contributed by atoms with Gasteiger partial charge in [0.25, 0.3) is 5.91 Å². The van der Waals surface area contributed by atoms with E-state index in [9.17, 15) is 4.79 Å². The predicted molar refractivity (Wildman–Crippen MR) is 118 cm³/mol. The summed E-state index contributed by atoms with van der Waals surface area (Å²) in [7, 11) is 1.63. The van der Waals surface area contributed by atoms with E-state index in [1.807, 2.05) is 42.5 Å². The number of nitrogens with zero attached hydrogens (tertiary/aromatic N) is 1. The summed E-state index contributed by atoms with van der Waals surface area (Å²) < 4.78 is 6.02. The molecule has 1 saturated heterocycles. The zero-order valence-corrected chi connectivity index (χ0v) is 16.7. The Bertz CT molecular complexity index is 1090. The standard InChI is InChI=1S/C21H14ClNO2S2/c1-25-18-11-6-13-4-2-3-5-16(13)17(18)12-19-20(24)23(21(26)27-19)15-9-7-14(22)8-10-15/h2-12H,1H3/b19-12+. The molecule has 0 bridgehead atoms. The third-order valence-corrected chi connectivity index (χ3v) is 5.86. The number of benzene rings is 3. The lowest BCUT2D eigenvalue weighted by Crippen LogP contribution is -2.27. The van der Waals surface area contributed by atoms with Gasteiger partial charge in [0.2, 0.25) is 0 Å². The summed E-state index contributed by atoms with van der Waals surface area (Å²) in [5.74, 6) is 0.563. The molecule has 27 heavy (non-hydrogen) atoms. The fraction of sp³-hybridized carbons (Fsp3) is 0.0476. The Morgan fingerprint density at radius 1 is 1.07 bits per heavy atom. The molecule has 0 spiro atoms. The Balaban J connectivity index is 1.79. The van der Waals surface area contributed by atoms with Crippen LogP contribution >= 0.6 is 35.6 Å². The number of anilines is 1. The summed E-state index contributed by atoms with van der Waals surface area (Å²) >= 11 is 12.7. The second kappa shape index (κ2) is 7.35. The van der Waals surface area contributed by atoms with Gasteiger partial charge in [0.1, 0.15) is 5.75 Å². The number of carbonyl (C=O) groups is 1. The van der Waals surface area contributed by atoms with E-state index < -0.39 is 0 Å². The Morgan fingerprint density at radius 3 is 2.56 bits per heavy atom. The van der Waals surface area contributed by atoms with Crippen molar-refractivity contribution in [2.45, 2.75) is 0 Å². The lowest BCUT2D eigenvalue weighted by Gasteiger charge is -2.14. The Kier molecular flexibility index (Phi) is 4.91. The van der Waals surface area contributed by atoms with E-state index in [-0.39, 0.29) is 5.91 Å². The molecule has 1 aliphatic heterocycles. The summed E-state index contributed by atoms with van der Waals surface area (Å²) in [6, 6.07) is 19.0. The Labute approximate surface area is 171 Å². The average Bonchev–Trinajstić information content (AvgIpc) is 2.96. The molecule has 0 radical (unpaired) electrons. The van der Waals surface area contributed by atoms with Crippen molar-refractivity contribution in [3.05, 3.63) is 76.2 Å². The predicted octanol–water partition coefficient (Wildman–Crippen LogP) is 5.91. The number of methoxy groups -OCH3 is 1. The van der Waals surface area contributed by atoms with Crippen molar-refractivity contribution < 1.29 is 9.53 Å². The minimum atomic E-state index is -0.151. The van der Waals surface area contributed by atoms with Crippen LogP contribution in [0.3, 0.4) is 0 Å². The van der Waals surface area contributed by atoms with Crippen LogP contribution in [-0.2, 0) is 4.79 Å². The average molecular weight is 412 g/mol. The van der Waals surface area contributed by atoms with Gasteiger partial charge in [-0.2, -0.15) is 0 Å². The zero-order chi connectivity index (χ0) is 19.0. The van der Waals surface area contributed by atoms with Gasteiger partial charge in [-0.1, -0.05) is 65.9 Å². The van der Waals surface area contributed by atoms with E-state index in [2.05, 4.69) is 0 Å². The van der Waals surface area contributed by atoms with E-state index in [0.717, 1.165) is 16.3 Å². The molecule has 0 N–H and O–H groups in total. The van der Waals surface area contributed by atoms with Crippen LogP contribution in [0.25, 0.3) is 16.8 Å². The van der Waals surface area contributed by atoms with Crippen molar-refractivity contribution in [1.29, 1.82) is 0 Å². The molecule has 0 aliphatic carbocycles. The summed E-state index contributed by atoms with van der Waals surface area (Å²) in [5.41, 5.74) is 1.57. The number of hydrogen-bond acceptors (Lipinski definition) is 4. The number of rotatable bonds is 3. The number of thiocarbonyl (C=S) groups is 1. The highest BCUT2D eigenvalue weighted by molar-refractivity contribution is 8.27. The maximum atomic E-state index is 13.0. The molecule has 0 saturated carbocycles. The molecular weight excluding hydrogens is 398 g/mol. The van der Waals surface area contributed by atoms with E-state index in [1.165, 1.54) is 16.7 Å². The third kappa shape index (κ3) is 3.34. The molecule has 1 aliphatic rings. The lowest BCUT2D eigenvalue weighted by molar-refractivity contribution is -0.113. The second-order valence-electron chi connectivity index (χ2n) is 5.90. The van der Waals surface area contributed by atoms with Gasteiger partial charge in [-0.05, 0) is 47.2 Å². The Hall–Kier alpha value is -2.34. The van der Waals surface area contributed by atoms with Gasteiger partial charge in [-0.3, -0.25) is 9.69 Å². The van der Waals surface area contributed by atoms with E-state index >= 15 is 0 Å². The third-order valence-electron chi connectivity index (χ3n) is 4.30. The van der Waals surface area contributed by atoms with Crippen molar-refractivity contribution in [1.82, 2.24) is 0 Å². The zero-order valence-electron chi connectivity index (χ0n) is 14.3. The number of halogens is 1. The van der Waals surface area contributed by atoms with Gasteiger partial charge < -0.3 is 4.74 Å². The molecule has 3 nitrogen and oxygen atoms in total. The van der Waals surface area contributed by atoms with E-state index in [1.54, 1.807) is 31.4 Å². The first-order valence-corrected chi connectivity index (χ1v) is 9.78. The molecule has 134 valence electrons. The molecular formula is C21H14ClNO2S2. The quantitative estimate of drug-likeness (QED) is 0.396. The fourth-order valence-corrected chi connectivity index (χ4v) is 4.42. The van der Waals surface area contributed by atoms with Gasteiger partial charge in [-0.25, -0.2) is 0 Å². The summed E-state index contributed by atoms with van der Waals surface area (Å²) in [4.78, 5) is 15.1. The molecule has 3 aromatic rings. The second-order valence-corrected chi connectivity index (χ2v) is 8.01. The van der Waals surface area contributed by atoms with Crippen LogP contribution in [0.4, 0.5) is 5.69 Å². The SMILES string of the molecule is COc1ccc2ccccc2c1/C=C1/SC(=S)N(c2ccc(Cl)cc2)C1=O. The van der Waals surface area contributed by atoms with Crippen LogP contribution in [0, 0.1) is 0 Å². The van der Waals surface area contributed by atoms with Crippen LogP contribution in [0.15, 0.2) is 65.6 Å². The van der Waals surface area contributed by atoms with Gasteiger partial charge in [0.15, 0.2) is 4.32 Å². The van der Waals surface area contributed by atoms with Crippen molar-refractivity contribution in [2.75, 3.05) is 12.0 Å². The van der Waals surface area contributed by atoms with Crippen molar-refractivity contribution in [3.63, 3.8) is 0 Å². The highest BCUT2D eigenvalue weighted by Gasteiger charge is 2.33. The first kappa shape index (κ1) is 18.0. The molecule has 0 unspecified atom stereocenters. The Morgan fingerprint density at radius 2 is 1.81 bits per heavy atom. The van der Waals surface area contributed by atoms with Crippen LogP contribution in [0.1, 0.15) is 5.56 Å². The topological polar surface area (TPSA) is 29.5 Å². The number of hydrogen-bond donors (Lipinski definition) is 0. The fourth-order valence-electron chi connectivity index (χ4n) is 3.01. The largest absolute Gasteiger partial charge is 0.496 e. The van der Waals surface area contributed by atoms with Crippen molar-refractivity contribution >= 4 is 68.3 Å². The maximum Gasteiger partial charge on any atom is 0.270 e. The summed E-state index contributed by atoms with van der Waals surface area (Å²) in [6.45, 7) is 0. The summed E-state index contributed by atoms with van der Waals surface area (Å²) in [6.07, 6.45) is 1.86. The molecule has 0 atom stereocenters. The maximum absolute atomic E-state index is 13.0. The molecule has 1 amide bonds. The molecule has 1 heterocycles. The van der Waals surface area contributed by atoms with Crippen LogP contribution in [0.5, 0.6) is 5.75 Å². The van der Waals surface area contributed by atoms with E-state index in [0.29, 0.717) is 25.7 Å². The van der Waals surface area contributed by atoms with Gasteiger partial charge in [0, 0.05) is 10.6 Å². The van der Waals surface area contributed by atoms with E-state index in [4.69, 9.17) is 28.6 Å². The molecule has 6 heteroatoms. The van der Waals surface area contributed by atoms with Gasteiger partial charge >= 0.3 is 0 Å². The van der Waals surface area contributed by atoms with Crippen molar-refractivity contribution in [2.24, 2.45) is 0 Å². The smallest absolute Gasteiger partial charge is 0.270 e. The van der Waals surface area contributed by atoms with Gasteiger partial charge in [-0.15, -0.1) is 0 Å². The first-order valence-electron chi connectivity index (χ1n) is 8.18. The first-order chi connectivity index (χ1) is 13.1. The monoisotopic (exact) mass is 411 g/mol. The van der Waals surface area contributed by atoms with Crippen LogP contribution in [0.2, 0.25) is 5.02 Å². The van der Waals surface area contributed by atoms with Crippen LogP contribution in [-0.4, -0.2) is 17.3 Å². The number of fused-ring (bicyclic) bond motifs is 1. The number of ether oxygens (including phenoxy) is 1. The summed E-state index contributed by atoms with van der Waals surface area (Å²) in [5, 5.41) is 2.71. The molecule has 3 aromatic carbocycles. The van der Waals surface area contributed by atoms with Gasteiger partial charge in [0.05, 0.1) is 17.7 Å². The highest BCUT2D eigenvalue weighted by Crippen LogP contribution is 2.39. The van der Waals surface area contributed by atoms with Crippen LogP contribution < -0.4 is 9.64 Å². The molecule has 1 fully saturated rings. The normalized spacial score (nSPS) is 15.8. The highest BCUT2D eigenvalue weighted by atomic mass is 35.5. The number of carbonyl (C=O) groups excluding carboxylic acids is 1. The number of amides is 1. The lowest BCUT2D eigenvalue weighted by atomic mass is 10.0. The minimum Gasteiger partial charge on any atom is -0.496 e. The molecule has 4 rings (SSSR count). The number of thioether (sulfide) groups is 1.